The first-order valence-electron chi connectivity index (χ1n) is 5.70. The van der Waals surface area contributed by atoms with E-state index in [0.717, 1.165) is 10.4 Å². The van der Waals surface area contributed by atoms with E-state index >= 15 is 0 Å². The molecule has 6 heteroatoms. The first-order valence-corrected chi connectivity index (χ1v) is 7.27. The van der Waals surface area contributed by atoms with Crippen LogP contribution in [-0.2, 0) is 0 Å². The summed E-state index contributed by atoms with van der Waals surface area (Å²) in [6.07, 6.45) is 0. The SMILES string of the molecule is Cc1sc(NC(=O)c2cc(Cl)ccc2Cl)c(C#N)c1C. The van der Waals surface area contributed by atoms with Gasteiger partial charge in [0.1, 0.15) is 11.1 Å². The molecular weight excluding hydrogens is 315 g/mol. The van der Waals surface area contributed by atoms with Crippen molar-refractivity contribution in [3.8, 4) is 6.07 Å². The summed E-state index contributed by atoms with van der Waals surface area (Å²) < 4.78 is 0. The Hall–Kier alpha value is -1.54. The molecule has 0 fully saturated rings. The van der Waals surface area contributed by atoms with E-state index in [9.17, 15) is 4.79 Å². The third-order valence-corrected chi connectivity index (χ3v) is 4.58. The third kappa shape index (κ3) is 2.80. The number of aryl methyl sites for hydroxylation is 1. The van der Waals surface area contributed by atoms with Gasteiger partial charge in [-0.3, -0.25) is 4.79 Å². The van der Waals surface area contributed by atoms with Crippen molar-refractivity contribution in [2.24, 2.45) is 0 Å². The Morgan fingerprint density at radius 3 is 2.70 bits per heavy atom. The molecule has 0 spiro atoms. The number of hydrogen-bond donors (Lipinski definition) is 1. The van der Waals surface area contributed by atoms with E-state index < -0.39 is 0 Å². The van der Waals surface area contributed by atoms with Crippen LogP contribution in [0.3, 0.4) is 0 Å². The summed E-state index contributed by atoms with van der Waals surface area (Å²) >= 11 is 13.2. The fourth-order valence-electron chi connectivity index (χ4n) is 1.69. The summed E-state index contributed by atoms with van der Waals surface area (Å²) in [6.45, 7) is 3.76. The lowest BCUT2D eigenvalue weighted by molar-refractivity contribution is 0.102. The van der Waals surface area contributed by atoms with Crippen molar-refractivity contribution in [2.75, 3.05) is 5.32 Å². The van der Waals surface area contributed by atoms with Crippen LogP contribution in [0.15, 0.2) is 18.2 Å². The highest BCUT2D eigenvalue weighted by atomic mass is 35.5. The first-order chi connectivity index (χ1) is 9.43. The Morgan fingerprint density at radius 2 is 2.05 bits per heavy atom. The van der Waals surface area contributed by atoms with Crippen molar-refractivity contribution < 1.29 is 4.79 Å². The van der Waals surface area contributed by atoms with Gasteiger partial charge in [0.15, 0.2) is 0 Å². The fraction of sp³-hybridized carbons (Fsp3) is 0.143. The van der Waals surface area contributed by atoms with Gasteiger partial charge in [-0.1, -0.05) is 23.2 Å². The summed E-state index contributed by atoms with van der Waals surface area (Å²) in [5.74, 6) is -0.379. The van der Waals surface area contributed by atoms with Crippen molar-refractivity contribution in [1.82, 2.24) is 0 Å². The minimum atomic E-state index is -0.379. The topological polar surface area (TPSA) is 52.9 Å². The molecular formula is C14H10Cl2N2OS. The van der Waals surface area contributed by atoms with Crippen LogP contribution in [0.5, 0.6) is 0 Å². The smallest absolute Gasteiger partial charge is 0.257 e. The highest BCUT2D eigenvalue weighted by Gasteiger charge is 2.17. The van der Waals surface area contributed by atoms with Crippen LogP contribution in [0.25, 0.3) is 0 Å². The molecule has 1 aromatic carbocycles. The summed E-state index contributed by atoms with van der Waals surface area (Å²) in [5.41, 5.74) is 1.65. The number of nitriles is 1. The number of nitrogens with zero attached hydrogens (tertiary/aromatic N) is 1. The quantitative estimate of drug-likeness (QED) is 0.862. The number of carbonyl (C=O) groups excluding carboxylic acids is 1. The number of amides is 1. The minimum Gasteiger partial charge on any atom is -0.312 e. The Balaban J connectivity index is 2.36. The Bertz CT molecular complexity index is 732. The van der Waals surface area contributed by atoms with Crippen molar-refractivity contribution in [2.45, 2.75) is 13.8 Å². The second-order valence-corrected chi connectivity index (χ2v) is 6.25. The molecule has 20 heavy (non-hydrogen) atoms. The number of anilines is 1. The van der Waals surface area contributed by atoms with Gasteiger partial charge in [0.25, 0.3) is 5.91 Å². The number of halogens is 2. The summed E-state index contributed by atoms with van der Waals surface area (Å²) in [4.78, 5) is 13.2. The van der Waals surface area contributed by atoms with E-state index in [1.807, 2.05) is 13.8 Å². The number of rotatable bonds is 2. The lowest BCUT2D eigenvalue weighted by Crippen LogP contribution is -2.12. The Labute approximate surface area is 130 Å². The number of carbonyl (C=O) groups is 1. The molecule has 0 saturated carbocycles. The maximum absolute atomic E-state index is 12.2. The molecule has 0 atom stereocenters. The van der Waals surface area contributed by atoms with Crippen LogP contribution in [0.1, 0.15) is 26.4 Å². The monoisotopic (exact) mass is 324 g/mol. The predicted octanol–water partition coefficient (Wildman–Crippen LogP) is 4.80. The zero-order chi connectivity index (χ0) is 14.9. The average molecular weight is 325 g/mol. The van der Waals surface area contributed by atoms with Crippen molar-refractivity contribution in [3.05, 3.63) is 49.8 Å². The third-order valence-electron chi connectivity index (χ3n) is 2.90. The van der Waals surface area contributed by atoms with Crippen LogP contribution < -0.4 is 5.32 Å². The van der Waals surface area contributed by atoms with Gasteiger partial charge in [-0.25, -0.2) is 0 Å². The molecule has 102 valence electrons. The highest BCUT2D eigenvalue weighted by Crippen LogP contribution is 2.32. The Morgan fingerprint density at radius 1 is 1.35 bits per heavy atom. The van der Waals surface area contributed by atoms with Crippen LogP contribution in [0.4, 0.5) is 5.00 Å². The van der Waals surface area contributed by atoms with Gasteiger partial charge in [-0.15, -0.1) is 11.3 Å². The standard InChI is InChI=1S/C14H10Cl2N2OS/c1-7-8(2)20-14(11(7)6-17)18-13(19)10-5-9(15)3-4-12(10)16/h3-5H,1-2H3,(H,18,19). The van der Waals surface area contributed by atoms with E-state index in [2.05, 4.69) is 11.4 Å². The highest BCUT2D eigenvalue weighted by molar-refractivity contribution is 7.16. The molecule has 1 amide bonds. The zero-order valence-corrected chi connectivity index (χ0v) is 13.1. The van der Waals surface area contributed by atoms with Gasteiger partial charge in [0.05, 0.1) is 16.1 Å². The van der Waals surface area contributed by atoms with Crippen LogP contribution >= 0.6 is 34.5 Å². The lowest BCUT2D eigenvalue weighted by atomic mass is 10.1. The number of benzene rings is 1. The average Bonchev–Trinajstić information content (AvgIpc) is 2.67. The maximum Gasteiger partial charge on any atom is 0.257 e. The number of hydrogen-bond acceptors (Lipinski definition) is 3. The summed E-state index contributed by atoms with van der Waals surface area (Å²) in [6, 6.07) is 6.78. The molecule has 0 radical (unpaired) electrons. The van der Waals surface area contributed by atoms with Gasteiger partial charge in [-0.05, 0) is 37.6 Å². The molecule has 0 aliphatic rings. The normalized spacial score (nSPS) is 10.2. The van der Waals surface area contributed by atoms with E-state index in [1.54, 1.807) is 12.1 Å². The Kier molecular flexibility index (Phi) is 4.34. The summed E-state index contributed by atoms with van der Waals surface area (Å²) in [7, 11) is 0. The molecule has 2 rings (SSSR count). The molecule has 0 aliphatic carbocycles. The van der Waals surface area contributed by atoms with Crippen LogP contribution in [0, 0.1) is 25.2 Å². The molecule has 1 aromatic heterocycles. The molecule has 0 bridgehead atoms. The van der Waals surface area contributed by atoms with Gasteiger partial charge < -0.3 is 5.32 Å². The number of thiophene rings is 1. The maximum atomic E-state index is 12.2. The molecule has 0 unspecified atom stereocenters. The second kappa shape index (κ2) is 5.84. The van der Waals surface area contributed by atoms with E-state index in [-0.39, 0.29) is 11.5 Å². The van der Waals surface area contributed by atoms with Crippen LogP contribution in [0.2, 0.25) is 10.0 Å². The van der Waals surface area contributed by atoms with Crippen molar-refractivity contribution in [3.63, 3.8) is 0 Å². The number of nitrogens with one attached hydrogen (secondary N) is 1. The largest absolute Gasteiger partial charge is 0.312 e. The van der Waals surface area contributed by atoms with E-state index in [1.165, 1.54) is 17.4 Å². The van der Waals surface area contributed by atoms with Gasteiger partial charge >= 0.3 is 0 Å². The van der Waals surface area contributed by atoms with Gasteiger partial charge in [0.2, 0.25) is 0 Å². The van der Waals surface area contributed by atoms with E-state index in [0.29, 0.717) is 20.6 Å². The van der Waals surface area contributed by atoms with Crippen LogP contribution in [-0.4, -0.2) is 5.91 Å². The first kappa shape index (κ1) is 14.9. The molecule has 1 heterocycles. The molecule has 2 aromatic rings. The van der Waals surface area contributed by atoms with Gasteiger partial charge in [-0.2, -0.15) is 5.26 Å². The predicted molar refractivity (Wildman–Crippen MR) is 82.9 cm³/mol. The second-order valence-electron chi connectivity index (χ2n) is 4.18. The summed E-state index contributed by atoms with van der Waals surface area (Å²) in [5, 5.41) is 13.1. The fourth-order valence-corrected chi connectivity index (χ4v) is 3.07. The van der Waals surface area contributed by atoms with E-state index in [4.69, 9.17) is 28.5 Å². The van der Waals surface area contributed by atoms with Crippen molar-refractivity contribution >= 4 is 45.4 Å². The zero-order valence-electron chi connectivity index (χ0n) is 10.8. The van der Waals surface area contributed by atoms with Crippen molar-refractivity contribution in [1.29, 1.82) is 5.26 Å². The molecule has 0 saturated heterocycles. The van der Waals surface area contributed by atoms with Gasteiger partial charge in [0, 0.05) is 9.90 Å². The molecule has 0 aliphatic heterocycles. The molecule has 1 N–H and O–H groups in total. The minimum absolute atomic E-state index is 0.284. The lowest BCUT2D eigenvalue weighted by Gasteiger charge is -2.06. The molecule has 3 nitrogen and oxygen atoms in total.